The van der Waals surface area contributed by atoms with Gasteiger partial charge in [-0.3, -0.25) is 4.79 Å². The first-order valence-electron chi connectivity index (χ1n) is 7.18. The van der Waals surface area contributed by atoms with Crippen LogP contribution in [0.2, 0.25) is 0 Å². The molecule has 6 heteroatoms. The number of para-hydroxylation sites is 1. The van der Waals surface area contributed by atoms with Crippen molar-refractivity contribution in [3.63, 3.8) is 0 Å². The van der Waals surface area contributed by atoms with Gasteiger partial charge in [0.2, 0.25) is 0 Å². The van der Waals surface area contributed by atoms with Crippen molar-refractivity contribution in [2.75, 3.05) is 13.1 Å². The van der Waals surface area contributed by atoms with Crippen LogP contribution < -0.4 is 10.5 Å². The van der Waals surface area contributed by atoms with E-state index in [-0.39, 0.29) is 23.3 Å². The Labute approximate surface area is 122 Å². The molecule has 1 aromatic carbocycles. The number of benzene rings is 1. The van der Waals surface area contributed by atoms with Gasteiger partial charge in [0.1, 0.15) is 5.75 Å². The van der Waals surface area contributed by atoms with Gasteiger partial charge in [-0.25, -0.2) is 0 Å². The second kappa shape index (κ2) is 7.36. The van der Waals surface area contributed by atoms with Gasteiger partial charge in [0.15, 0.2) is 0 Å². The minimum absolute atomic E-state index is 0.0856. The highest BCUT2D eigenvalue weighted by Gasteiger charge is 2.28. The first-order chi connectivity index (χ1) is 10.1. The third-order valence-corrected chi connectivity index (χ3v) is 3.73. The molecule has 21 heavy (non-hydrogen) atoms. The molecule has 1 aromatic rings. The van der Waals surface area contributed by atoms with Gasteiger partial charge in [-0.2, -0.15) is 8.78 Å². The van der Waals surface area contributed by atoms with Crippen molar-refractivity contribution in [1.29, 1.82) is 0 Å². The molecular weight excluding hydrogens is 278 g/mol. The van der Waals surface area contributed by atoms with E-state index >= 15 is 0 Å². The number of ether oxygens (including phenoxy) is 1. The van der Waals surface area contributed by atoms with Crippen LogP contribution >= 0.6 is 0 Å². The largest absolute Gasteiger partial charge is 0.434 e. The Hall–Kier alpha value is -1.69. The van der Waals surface area contributed by atoms with Gasteiger partial charge in [0.25, 0.3) is 5.91 Å². The fraction of sp³-hybridized carbons (Fsp3) is 0.533. The van der Waals surface area contributed by atoms with Crippen LogP contribution in [0, 0.1) is 0 Å². The lowest BCUT2D eigenvalue weighted by Crippen LogP contribution is -2.42. The molecule has 4 nitrogen and oxygen atoms in total. The van der Waals surface area contributed by atoms with E-state index in [1.807, 2.05) is 0 Å². The second-order valence-electron chi connectivity index (χ2n) is 5.10. The molecule has 0 heterocycles. The fourth-order valence-corrected chi connectivity index (χ4v) is 2.80. The topological polar surface area (TPSA) is 55.6 Å². The summed E-state index contributed by atoms with van der Waals surface area (Å²) in [6.07, 6.45) is 4.02. The van der Waals surface area contributed by atoms with Gasteiger partial charge in [-0.1, -0.05) is 25.0 Å². The zero-order valence-corrected chi connectivity index (χ0v) is 11.8. The molecule has 1 saturated carbocycles. The molecule has 2 rings (SSSR count). The Morgan fingerprint density at radius 2 is 2.00 bits per heavy atom. The lowest BCUT2D eigenvalue weighted by molar-refractivity contribution is -0.0503. The number of halogens is 2. The Kier molecular flexibility index (Phi) is 5.50. The summed E-state index contributed by atoms with van der Waals surface area (Å²) in [6.45, 7) is -2.18. The van der Waals surface area contributed by atoms with E-state index in [0.717, 1.165) is 25.7 Å². The summed E-state index contributed by atoms with van der Waals surface area (Å²) in [7, 11) is 0. The average Bonchev–Trinajstić information content (AvgIpc) is 2.98. The van der Waals surface area contributed by atoms with Crippen molar-refractivity contribution in [2.24, 2.45) is 5.73 Å². The molecule has 1 aliphatic rings. The van der Waals surface area contributed by atoms with Crippen LogP contribution in [0.15, 0.2) is 24.3 Å². The van der Waals surface area contributed by atoms with E-state index in [0.29, 0.717) is 13.1 Å². The summed E-state index contributed by atoms with van der Waals surface area (Å²) in [5, 5.41) is 0. The van der Waals surface area contributed by atoms with Gasteiger partial charge in [-0.05, 0) is 25.0 Å². The zero-order chi connectivity index (χ0) is 15.2. The highest BCUT2D eigenvalue weighted by atomic mass is 19.3. The quantitative estimate of drug-likeness (QED) is 0.878. The van der Waals surface area contributed by atoms with Gasteiger partial charge in [-0.15, -0.1) is 0 Å². The number of amides is 1. The van der Waals surface area contributed by atoms with Gasteiger partial charge in [0.05, 0.1) is 5.56 Å². The van der Waals surface area contributed by atoms with Crippen LogP contribution in [-0.4, -0.2) is 36.5 Å². The molecular formula is C15H20F2N2O2. The molecule has 0 aromatic heterocycles. The minimum atomic E-state index is -2.95. The predicted octanol–water partition coefficient (Wildman–Crippen LogP) is 2.63. The van der Waals surface area contributed by atoms with Gasteiger partial charge < -0.3 is 15.4 Å². The predicted molar refractivity (Wildman–Crippen MR) is 75.4 cm³/mol. The lowest BCUT2D eigenvalue weighted by Gasteiger charge is -2.29. The van der Waals surface area contributed by atoms with Crippen LogP contribution in [0.5, 0.6) is 5.75 Å². The van der Waals surface area contributed by atoms with Gasteiger partial charge in [0, 0.05) is 19.1 Å². The Morgan fingerprint density at radius 1 is 1.33 bits per heavy atom. The number of nitrogens with zero attached hydrogens (tertiary/aromatic N) is 1. The molecule has 2 N–H and O–H groups in total. The minimum Gasteiger partial charge on any atom is -0.434 e. The zero-order valence-electron chi connectivity index (χ0n) is 11.8. The summed E-state index contributed by atoms with van der Waals surface area (Å²) < 4.78 is 29.3. The summed E-state index contributed by atoms with van der Waals surface area (Å²) in [5.41, 5.74) is 5.75. The van der Waals surface area contributed by atoms with Crippen LogP contribution in [0.25, 0.3) is 0 Å². The van der Waals surface area contributed by atoms with Crippen molar-refractivity contribution in [3.05, 3.63) is 29.8 Å². The monoisotopic (exact) mass is 298 g/mol. The molecule has 0 spiro atoms. The lowest BCUT2D eigenvalue weighted by atomic mass is 10.1. The van der Waals surface area contributed by atoms with Crippen molar-refractivity contribution in [1.82, 2.24) is 4.90 Å². The third kappa shape index (κ3) is 3.91. The summed E-state index contributed by atoms with van der Waals surface area (Å²) in [5.74, 6) is -0.374. The Bertz CT molecular complexity index is 476. The van der Waals surface area contributed by atoms with Crippen LogP contribution in [0.3, 0.4) is 0 Å². The molecule has 1 amide bonds. The highest BCUT2D eigenvalue weighted by Crippen LogP contribution is 2.27. The maximum atomic E-state index is 12.7. The van der Waals surface area contributed by atoms with Gasteiger partial charge >= 0.3 is 6.61 Å². The molecule has 0 atom stereocenters. The average molecular weight is 298 g/mol. The molecule has 0 bridgehead atoms. The van der Waals surface area contributed by atoms with Crippen molar-refractivity contribution < 1.29 is 18.3 Å². The van der Waals surface area contributed by atoms with E-state index in [1.165, 1.54) is 12.1 Å². The number of nitrogens with two attached hydrogens (primary N) is 1. The maximum absolute atomic E-state index is 12.7. The Morgan fingerprint density at radius 3 is 2.62 bits per heavy atom. The Balaban J connectivity index is 2.23. The SMILES string of the molecule is NCCN(C(=O)c1ccccc1OC(F)F)C1CCCC1. The molecule has 0 radical (unpaired) electrons. The third-order valence-electron chi connectivity index (χ3n) is 3.73. The first-order valence-corrected chi connectivity index (χ1v) is 7.18. The van der Waals surface area contributed by atoms with Crippen LogP contribution in [0.4, 0.5) is 8.78 Å². The summed E-state index contributed by atoms with van der Waals surface area (Å²) in [4.78, 5) is 14.4. The number of carbonyl (C=O) groups is 1. The smallest absolute Gasteiger partial charge is 0.387 e. The molecule has 0 aliphatic heterocycles. The second-order valence-corrected chi connectivity index (χ2v) is 5.10. The van der Waals surface area contributed by atoms with E-state index in [1.54, 1.807) is 17.0 Å². The molecule has 1 fully saturated rings. The van der Waals surface area contributed by atoms with E-state index in [9.17, 15) is 13.6 Å². The van der Waals surface area contributed by atoms with Crippen LogP contribution in [0.1, 0.15) is 36.0 Å². The summed E-state index contributed by atoms with van der Waals surface area (Å²) in [6, 6.07) is 6.24. The van der Waals surface area contributed by atoms with Crippen LogP contribution in [-0.2, 0) is 0 Å². The number of hydrogen-bond acceptors (Lipinski definition) is 3. The van der Waals surface area contributed by atoms with E-state index < -0.39 is 6.61 Å². The molecule has 0 unspecified atom stereocenters. The van der Waals surface area contributed by atoms with E-state index in [2.05, 4.69) is 4.74 Å². The number of alkyl halides is 2. The standard InChI is InChI=1S/C15H20F2N2O2/c16-15(17)21-13-8-4-3-7-12(13)14(20)19(10-9-18)11-5-1-2-6-11/h3-4,7-8,11,15H,1-2,5-6,9-10,18H2. The van der Waals surface area contributed by atoms with Crippen molar-refractivity contribution >= 4 is 5.91 Å². The summed E-state index contributed by atoms with van der Waals surface area (Å²) >= 11 is 0. The van der Waals surface area contributed by atoms with Crippen molar-refractivity contribution in [2.45, 2.75) is 38.3 Å². The van der Waals surface area contributed by atoms with Crippen molar-refractivity contribution in [3.8, 4) is 5.75 Å². The number of hydrogen-bond donors (Lipinski definition) is 1. The number of carbonyl (C=O) groups excluding carboxylic acids is 1. The highest BCUT2D eigenvalue weighted by molar-refractivity contribution is 5.97. The normalized spacial score (nSPS) is 15.4. The van der Waals surface area contributed by atoms with E-state index in [4.69, 9.17) is 5.73 Å². The maximum Gasteiger partial charge on any atom is 0.387 e. The first kappa shape index (κ1) is 15.7. The molecule has 1 aliphatic carbocycles. The number of rotatable bonds is 6. The molecule has 0 saturated heterocycles. The molecule has 116 valence electrons. The fourth-order valence-electron chi connectivity index (χ4n) is 2.80.